The van der Waals surface area contributed by atoms with Crippen molar-refractivity contribution >= 4 is 45.6 Å². The molecular formula is C25H27ClN4O3. The van der Waals surface area contributed by atoms with Gasteiger partial charge in [0, 0.05) is 47.5 Å². The van der Waals surface area contributed by atoms with Crippen molar-refractivity contribution < 1.29 is 14.8 Å². The Balaban J connectivity index is 1.51. The van der Waals surface area contributed by atoms with Gasteiger partial charge in [0.1, 0.15) is 5.71 Å². The van der Waals surface area contributed by atoms with Crippen LogP contribution in [-0.4, -0.2) is 34.8 Å². The lowest BCUT2D eigenvalue weighted by atomic mass is 10.0. The molecule has 0 unspecified atom stereocenters. The Bertz CT molecular complexity index is 1160. The number of pyridine rings is 1. The Hall–Kier alpha value is -3.45. The minimum atomic E-state index is -0.373. The van der Waals surface area contributed by atoms with E-state index in [1.165, 1.54) is 7.05 Å². The van der Waals surface area contributed by atoms with Gasteiger partial charge in [-0.25, -0.2) is 0 Å². The molecule has 2 amide bonds. The molecule has 172 valence electrons. The molecule has 1 aromatic heterocycles. The molecule has 3 N–H and O–H groups in total. The largest absolute Gasteiger partial charge is 0.410 e. The topological polar surface area (TPSA) is 104 Å². The van der Waals surface area contributed by atoms with E-state index < -0.39 is 0 Å². The number of unbranched alkanes of at least 4 members (excludes halogenated alkanes) is 3. The molecule has 1 heterocycles. The molecule has 0 aliphatic heterocycles. The highest BCUT2D eigenvalue weighted by atomic mass is 35.5. The maximum Gasteiger partial charge on any atom is 0.268 e. The summed E-state index contributed by atoms with van der Waals surface area (Å²) in [4.78, 5) is 28.2. The highest BCUT2D eigenvalue weighted by Crippen LogP contribution is 2.30. The van der Waals surface area contributed by atoms with Crippen LogP contribution in [0.2, 0.25) is 5.02 Å². The molecular weight excluding hydrogens is 440 g/mol. The first kappa shape index (κ1) is 24.2. The van der Waals surface area contributed by atoms with Crippen molar-refractivity contribution in [2.24, 2.45) is 5.16 Å². The van der Waals surface area contributed by atoms with Gasteiger partial charge in [-0.05, 0) is 54.5 Å². The molecule has 0 saturated carbocycles. The predicted octanol–water partition coefficient (Wildman–Crippen LogP) is 5.41. The monoisotopic (exact) mass is 466 g/mol. The van der Waals surface area contributed by atoms with Gasteiger partial charge in [0.25, 0.3) is 5.91 Å². The third-order valence-electron chi connectivity index (χ3n) is 5.36. The van der Waals surface area contributed by atoms with Gasteiger partial charge in [0.2, 0.25) is 5.91 Å². The highest BCUT2D eigenvalue weighted by Gasteiger charge is 2.10. The quantitative estimate of drug-likeness (QED) is 0.161. The van der Waals surface area contributed by atoms with Gasteiger partial charge in [-0.1, -0.05) is 47.8 Å². The molecule has 3 rings (SSSR count). The van der Waals surface area contributed by atoms with Crippen LogP contribution in [0, 0.1) is 0 Å². The number of aromatic nitrogens is 1. The van der Waals surface area contributed by atoms with Gasteiger partial charge in [0.05, 0.1) is 0 Å². The third kappa shape index (κ3) is 6.76. The number of carbonyl (C=O) groups is 2. The number of amides is 2. The summed E-state index contributed by atoms with van der Waals surface area (Å²) >= 11 is 6.10. The molecule has 0 fully saturated rings. The summed E-state index contributed by atoms with van der Waals surface area (Å²) in [6.45, 7) is 0. The fourth-order valence-corrected chi connectivity index (χ4v) is 3.83. The average molecular weight is 467 g/mol. The molecule has 0 saturated heterocycles. The minimum Gasteiger partial charge on any atom is -0.410 e. The van der Waals surface area contributed by atoms with Crippen molar-refractivity contribution in [3.63, 3.8) is 0 Å². The second kappa shape index (κ2) is 12.0. The summed E-state index contributed by atoms with van der Waals surface area (Å²) in [5, 5.41) is 20.0. The molecule has 7 nitrogen and oxygen atoms in total. The Morgan fingerprint density at radius 2 is 1.82 bits per heavy atom. The summed E-state index contributed by atoms with van der Waals surface area (Å²) in [6, 6.07) is 13.4. The van der Waals surface area contributed by atoms with Gasteiger partial charge < -0.3 is 15.8 Å². The van der Waals surface area contributed by atoms with Crippen LogP contribution in [-0.2, 0) is 9.59 Å². The molecule has 0 spiro atoms. The number of rotatable bonds is 10. The van der Waals surface area contributed by atoms with E-state index in [9.17, 15) is 9.59 Å². The summed E-state index contributed by atoms with van der Waals surface area (Å²) in [7, 11) is 1.50. The maximum atomic E-state index is 12.4. The molecule has 0 radical (unpaired) electrons. The van der Waals surface area contributed by atoms with Crippen LogP contribution < -0.4 is 10.6 Å². The third-order valence-corrected chi connectivity index (χ3v) is 5.59. The van der Waals surface area contributed by atoms with Crippen molar-refractivity contribution in [1.29, 1.82) is 0 Å². The second-order valence-corrected chi connectivity index (χ2v) is 8.16. The SMILES string of the molecule is CNC(=O)/C(CCCCCCC(=O)Nc1cccc(-c2cncc3cc(Cl)ccc23)c1)=N/O. The number of anilines is 1. The molecule has 0 aliphatic carbocycles. The van der Waals surface area contributed by atoms with E-state index in [1.807, 2.05) is 48.7 Å². The summed E-state index contributed by atoms with van der Waals surface area (Å²) < 4.78 is 0. The zero-order valence-electron chi connectivity index (χ0n) is 18.5. The lowest BCUT2D eigenvalue weighted by Gasteiger charge is -2.10. The number of hydrogen-bond acceptors (Lipinski definition) is 5. The van der Waals surface area contributed by atoms with E-state index >= 15 is 0 Å². The number of nitrogens with one attached hydrogen (secondary N) is 2. The fourth-order valence-electron chi connectivity index (χ4n) is 3.65. The van der Waals surface area contributed by atoms with Gasteiger partial charge in [0.15, 0.2) is 0 Å². The van der Waals surface area contributed by atoms with Crippen molar-refractivity contribution in [1.82, 2.24) is 10.3 Å². The van der Waals surface area contributed by atoms with Gasteiger partial charge in [-0.15, -0.1) is 0 Å². The number of halogens is 1. The normalized spacial score (nSPS) is 11.4. The summed E-state index contributed by atoms with van der Waals surface area (Å²) in [6.07, 6.45) is 7.58. The van der Waals surface area contributed by atoms with Crippen molar-refractivity contribution in [2.45, 2.75) is 38.5 Å². The van der Waals surface area contributed by atoms with Crippen LogP contribution in [0.25, 0.3) is 21.9 Å². The molecule has 0 aliphatic rings. The first-order valence-corrected chi connectivity index (χ1v) is 11.3. The summed E-state index contributed by atoms with van der Waals surface area (Å²) in [5.41, 5.74) is 2.80. The highest BCUT2D eigenvalue weighted by molar-refractivity contribution is 6.38. The fraction of sp³-hybridized carbons (Fsp3) is 0.280. The van der Waals surface area contributed by atoms with E-state index in [4.69, 9.17) is 16.8 Å². The molecule has 0 atom stereocenters. The Morgan fingerprint density at radius 1 is 1.03 bits per heavy atom. The molecule has 33 heavy (non-hydrogen) atoms. The molecule has 8 heteroatoms. The van der Waals surface area contributed by atoms with Crippen molar-refractivity contribution in [3.8, 4) is 11.1 Å². The number of oxime groups is 1. The Morgan fingerprint density at radius 3 is 2.58 bits per heavy atom. The number of fused-ring (bicyclic) bond motifs is 1. The van der Waals surface area contributed by atoms with Crippen LogP contribution >= 0.6 is 11.6 Å². The van der Waals surface area contributed by atoms with Crippen LogP contribution in [0.5, 0.6) is 0 Å². The van der Waals surface area contributed by atoms with E-state index in [1.54, 1.807) is 6.20 Å². The molecule has 3 aromatic rings. The van der Waals surface area contributed by atoms with E-state index in [0.717, 1.165) is 53.3 Å². The van der Waals surface area contributed by atoms with Crippen LogP contribution in [0.15, 0.2) is 60.0 Å². The van der Waals surface area contributed by atoms with Gasteiger partial charge in [-0.2, -0.15) is 0 Å². The minimum absolute atomic E-state index is 0.0436. The van der Waals surface area contributed by atoms with E-state index in [-0.39, 0.29) is 17.5 Å². The maximum absolute atomic E-state index is 12.4. The zero-order valence-corrected chi connectivity index (χ0v) is 19.2. The number of nitrogens with zero attached hydrogens (tertiary/aromatic N) is 2. The Kier molecular flexibility index (Phi) is 8.78. The van der Waals surface area contributed by atoms with E-state index in [0.29, 0.717) is 17.9 Å². The first-order valence-electron chi connectivity index (χ1n) is 10.9. The smallest absolute Gasteiger partial charge is 0.268 e. The standard InChI is InChI=1S/C25H27ClN4O3/c1-27-25(32)23(30-33)9-4-2-3-5-10-24(31)29-20-8-6-7-17(14-20)22-16-28-15-18-13-19(26)11-12-21(18)22/h6-8,11-16,33H,2-5,9-10H2,1H3,(H,27,32)(H,29,31)/b30-23+. The van der Waals surface area contributed by atoms with Gasteiger partial charge >= 0.3 is 0 Å². The molecule has 0 bridgehead atoms. The average Bonchev–Trinajstić information content (AvgIpc) is 2.82. The lowest BCUT2D eigenvalue weighted by Crippen LogP contribution is -2.27. The first-order chi connectivity index (χ1) is 16.0. The van der Waals surface area contributed by atoms with Crippen LogP contribution in [0.3, 0.4) is 0 Å². The predicted molar refractivity (Wildman–Crippen MR) is 132 cm³/mol. The van der Waals surface area contributed by atoms with Crippen molar-refractivity contribution in [2.75, 3.05) is 12.4 Å². The summed E-state index contributed by atoms with van der Waals surface area (Å²) in [5.74, 6) is -0.417. The number of benzene rings is 2. The number of carbonyl (C=O) groups excluding carboxylic acids is 2. The number of hydrogen-bond donors (Lipinski definition) is 3. The second-order valence-electron chi connectivity index (χ2n) is 7.72. The van der Waals surface area contributed by atoms with Crippen LogP contribution in [0.1, 0.15) is 38.5 Å². The molecule has 2 aromatic carbocycles. The Labute approximate surface area is 197 Å². The van der Waals surface area contributed by atoms with E-state index in [2.05, 4.69) is 20.8 Å². The van der Waals surface area contributed by atoms with Gasteiger partial charge in [-0.3, -0.25) is 14.6 Å². The zero-order chi connectivity index (χ0) is 23.6. The lowest BCUT2D eigenvalue weighted by molar-refractivity contribution is -0.116. The van der Waals surface area contributed by atoms with Crippen molar-refractivity contribution in [3.05, 3.63) is 59.9 Å². The van der Waals surface area contributed by atoms with Crippen LogP contribution in [0.4, 0.5) is 5.69 Å².